The third-order valence-corrected chi connectivity index (χ3v) is 8.31. The Morgan fingerprint density at radius 3 is 1.31 bits per heavy atom. The SMILES string of the molecule is CN(C)C(=O)c1cc(Br)cc(N)c1O.CN(C)C(=O)c1cc(Br)cc([N+](=O)[O-])c1O.CN(C)C(=O)c1cc(Br)ccc1O.O=C(O)c1cc(Br)ccc1O. The minimum absolute atomic E-state index is 0.00176. The smallest absolute Gasteiger partial charge is 0.339 e. The molecular weight excluding hydrogens is 974 g/mol. The van der Waals surface area contributed by atoms with Gasteiger partial charge >= 0.3 is 11.7 Å². The van der Waals surface area contributed by atoms with Crippen molar-refractivity contribution in [1.29, 1.82) is 0 Å². The van der Waals surface area contributed by atoms with E-state index in [0.717, 1.165) is 10.5 Å². The zero-order valence-electron chi connectivity index (χ0n) is 29.3. The lowest BCUT2D eigenvalue weighted by Gasteiger charge is -2.12. The normalized spacial score (nSPS) is 9.81. The molecule has 0 aliphatic heterocycles. The molecule has 290 valence electrons. The zero-order valence-corrected chi connectivity index (χ0v) is 35.7. The molecule has 0 aliphatic rings. The number of carboxylic acid groups (broad SMARTS) is 1. The van der Waals surface area contributed by atoms with Crippen LogP contribution in [0.25, 0.3) is 0 Å². The highest BCUT2D eigenvalue weighted by Gasteiger charge is 2.23. The highest BCUT2D eigenvalue weighted by Crippen LogP contribution is 2.34. The standard InChI is InChI=1S/C9H9BrN2O4.C9H11BrN2O2.C9H10BrNO2.C7H5BrO3/c1-11(2)9(14)6-3-5(10)4-7(8(6)13)12(15)16;1-12(2)9(14)6-3-5(10)4-7(11)8(6)13;1-11(2)9(13)7-5-6(10)3-4-8(7)12;8-4-1-2-6(9)5(3-4)7(10)11/h3-4,13H,1-2H3;3-4,13H,11H2,1-2H3;3-5,12H,1-2H3;1-3,9H,(H,10,11). The molecule has 0 radical (unpaired) electrons. The molecule has 0 saturated heterocycles. The molecule has 0 aromatic heterocycles. The summed E-state index contributed by atoms with van der Waals surface area (Å²) in [5, 5.41) is 56.7. The number of nitrogens with two attached hydrogens (primary N) is 1. The van der Waals surface area contributed by atoms with E-state index in [1.807, 2.05) is 0 Å². The fourth-order valence-electron chi connectivity index (χ4n) is 3.75. The molecule has 3 amide bonds. The van der Waals surface area contributed by atoms with Gasteiger partial charge < -0.3 is 46.0 Å². The van der Waals surface area contributed by atoms with E-state index in [2.05, 4.69) is 63.7 Å². The van der Waals surface area contributed by atoms with Crippen molar-refractivity contribution in [1.82, 2.24) is 14.7 Å². The minimum atomic E-state index is -1.14. The van der Waals surface area contributed by atoms with Crippen LogP contribution in [0.4, 0.5) is 11.4 Å². The molecule has 0 aliphatic carbocycles. The second-order valence-electron chi connectivity index (χ2n) is 11.2. The number of carboxylic acids is 1. The fraction of sp³-hybridized carbons (Fsp3) is 0.176. The van der Waals surface area contributed by atoms with E-state index in [0.29, 0.717) is 19.0 Å². The topological polar surface area (TPSA) is 248 Å². The molecule has 0 atom stereocenters. The first kappa shape index (κ1) is 47.1. The monoisotopic (exact) mass is 1000 g/mol. The molecular formula is C34H35Br4N5O11. The number of amides is 3. The highest BCUT2D eigenvalue weighted by molar-refractivity contribution is 9.11. The van der Waals surface area contributed by atoms with Gasteiger partial charge in [0.2, 0.25) is 5.75 Å². The number of hydrogen-bond acceptors (Lipinski definition) is 11. The van der Waals surface area contributed by atoms with Gasteiger partial charge in [0, 0.05) is 66.2 Å². The average Bonchev–Trinajstić information content (AvgIpc) is 3.08. The van der Waals surface area contributed by atoms with Crippen molar-refractivity contribution in [3.05, 3.63) is 111 Å². The maximum atomic E-state index is 11.6. The van der Waals surface area contributed by atoms with E-state index in [1.54, 1.807) is 52.5 Å². The molecule has 7 N–H and O–H groups in total. The average molecular weight is 1010 g/mol. The Morgan fingerprint density at radius 2 is 0.926 bits per heavy atom. The minimum Gasteiger partial charge on any atom is -0.507 e. The van der Waals surface area contributed by atoms with Gasteiger partial charge in [0.15, 0.2) is 5.75 Å². The lowest BCUT2D eigenvalue weighted by atomic mass is 10.1. The first-order chi connectivity index (χ1) is 24.9. The quantitative estimate of drug-likeness (QED) is 0.0517. The van der Waals surface area contributed by atoms with Crippen molar-refractivity contribution in [3.8, 4) is 23.0 Å². The number of nitro benzene ring substituents is 1. The first-order valence-corrected chi connectivity index (χ1v) is 17.9. The van der Waals surface area contributed by atoms with Gasteiger partial charge in [-0.3, -0.25) is 24.5 Å². The van der Waals surface area contributed by atoms with Gasteiger partial charge in [0.1, 0.15) is 17.1 Å². The van der Waals surface area contributed by atoms with E-state index in [9.17, 15) is 44.6 Å². The Balaban J connectivity index is 0.000000363. The van der Waals surface area contributed by atoms with Crippen LogP contribution < -0.4 is 5.73 Å². The molecule has 0 saturated carbocycles. The summed E-state index contributed by atoms with van der Waals surface area (Å²) in [4.78, 5) is 58.9. The van der Waals surface area contributed by atoms with E-state index in [-0.39, 0.29) is 51.4 Å². The molecule has 0 heterocycles. The Kier molecular flexibility index (Phi) is 18.4. The van der Waals surface area contributed by atoms with Gasteiger partial charge in [0.05, 0.1) is 27.3 Å². The molecule has 54 heavy (non-hydrogen) atoms. The van der Waals surface area contributed by atoms with Crippen molar-refractivity contribution in [3.63, 3.8) is 0 Å². The number of hydrogen-bond donors (Lipinski definition) is 6. The van der Waals surface area contributed by atoms with Crippen molar-refractivity contribution in [2.45, 2.75) is 0 Å². The maximum Gasteiger partial charge on any atom is 0.339 e. The Bertz CT molecular complexity index is 2040. The number of aromatic carboxylic acids is 1. The third kappa shape index (κ3) is 13.8. The highest BCUT2D eigenvalue weighted by atomic mass is 79.9. The third-order valence-electron chi connectivity index (χ3n) is 6.41. The Morgan fingerprint density at radius 1 is 0.574 bits per heavy atom. The van der Waals surface area contributed by atoms with Gasteiger partial charge in [-0.05, 0) is 54.6 Å². The summed E-state index contributed by atoms with van der Waals surface area (Å²) in [5.74, 6) is -3.14. The Labute approximate surface area is 343 Å². The molecule has 4 aromatic carbocycles. The summed E-state index contributed by atoms with van der Waals surface area (Å²) in [6, 6.07) is 14.6. The molecule has 20 heteroatoms. The largest absolute Gasteiger partial charge is 0.507 e. The van der Waals surface area contributed by atoms with Crippen LogP contribution in [0.1, 0.15) is 41.4 Å². The number of carbonyl (C=O) groups excluding carboxylic acids is 3. The van der Waals surface area contributed by atoms with Crippen LogP contribution in [0.15, 0.2) is 78.6 Å². The van der Waals surface area contributed by atoms with Crippen LogP contribution in [0.5, 0.6) is 23.0 Å². The number of phenolic OH excluding ortho intramolecular Hbond substituents is 3. The van der Waals surface area contributed by atoms with Crippen molar-refractivity contribution >= 4 is 98.8 Å². The number of phenols is 4. The number of rotatable bonds is 5. The van der Waals surface area contributed by atoms with E-state index >= 15 is 0 Å². The van der Waals surface area contributed by atoms with Gasteiger partial charge in [-0.25, -0.2) is 4.79 Å². The zero-order chi connectivity index (χ0) is 41.8. The summed E-state index contributed by atoms with van der Waals surface area (Å²) in [6.45, 7) is 0. The molecule has 0 fully saturated rings. The molecule has 0 bridgehead atoms. The van der Waals surface area contributed by atoms with Crippen LogP contribution >= 0.6 is 63.7 Å². The van der Waals surface area contributed by atoms with Crippen LogP contribution in [-0.2, 0) is 0 Å². The number of benzene rings is 4. The van der Waals surface area contributed by atoms with Gasteiger partial charge in [-0.2, -0.15) is 0 Å². The fourth-order valence-corrected chi connectivity index (χ4v) is 5.40. The number of halogens is 4. The van der Waals surface area contributed by atoms with E-state index in [4.69, 9.17) is 15.9 Å². The molecule has 0 spiro atoms. The number of nitro groups is 1. The molecule has 16 nitrogen and oxygen atoms in total. The van der Waals surface area contributed by atoms with E-state index < -0.39 is 28.2 Å². The van der Waals surface area contributed by atoms with Crippen LogP contribution in [0.2, 0.25) is 0 Å². The van der Waals surface area contributed by atoms with E-state index in [1.165, 1.54) is 59.1 Å². The summed E-state index contributed by atoms with van der Waals surface area (Å²) in [6.07, 6.45) is 0. The summed E-state index contributed by atoms with van der Waals surface area (Å²) in [7, 11) is 9.49. The van der Waals surface area contributed by atoms with Crippen molar-refractivity contribution in [2.24, 2.45) is 0 Å². The summed E-state index contributed by atoms with van der Waals surface area (Å²) in [5.41, 5.74) is 5.49. The van der Waals surface area contributed by atoms with Gasteiger partial charge in [0.25, 0.3) is 17.7 Å². The Hall–Kier alpha value is -4.92. The second kappa shape index (κ2) is 21.1. The number of carbonyl (C=O) groups is 4. The second-order valence-corrected chi connectivity index (χ2v) is 14.9. The summed E-state index contributed by atoms with van der Waals surface area (Å²) >= 11 is 12.6. The predicted octanol–water partition coefficient (Wildman–Crippen LogP) is 6.91. The summed E-state index contributed by atoms with van der Waals surface area (Å²) < 4.78 is 2.43. The van der Waals surface area contributed by atoms with Gasteiger partial charge in [-0.1, -0.05) is 63.7 Å². The van der Waals surface area contributed by atoms with Crippen LogP contribution in [0, 0.1) is 10.1 Å². The number of anilines is 1. The van der Waals surface area contributed by atoms with Crippen molar-refractivity contribution in [2.75, 3.05) is 48.0 Å². The van der Waals surface area contributed by atoms with Crippen LogP contribution in [0.3, 0.4) is 0 Å². The molecule has 0 unspecified atom stereocenters. The predicted molar refractivity (Wildman–Crippen MR) is 215 cm³/mol. The van der Waals surface area contributed by atoms with Crippen LogP contribution in [-0.4, -0.2) is 111 Å². The number of aromatic hydroxyl groups is 4. The maximum absolute atomic E-state index is 11.6. The molecule has 4 rings (SSSR count). The van der Waals surface area contributed by atoms with Crippen molar-refractivity contribution < 1.29 is 49.6 Å². The first-order valence-electron chi connectivity index (χ1n) is 14.7. The number of nitrogen functional groups attached to an aromatic ring is 1. The lowest BCUT2D eigenvalue weighted by molar-refractivity contribution is -0.386. The lowest BCUT2D eigenvalue weighted by Crippen LogP contribution is -2.22. The van der Waals surface area contributed by atoms with Gasteiger partial charge in [-0.15, -0.1) is 0 Å². The number of nitrogens with zero attached hydrogens (tertiary/aromatic N) is 4. The molecule has 4 aromatic rings.